The number of carbonyl (C=O) groups is 1. The summed E-state index contributed by atoms with van der Waals surface area (Å²) in [5.74, 6) is 1.24. The van der Waals surface area contributed by atoms with Gasteiger partial charge in [0.25, 0.3) is 5.91 Å². The van der Waals surface area contributed by atoms with Gasteiger partial charge in [-0.3, -0.25) is 4.79 Å². The largest absolute Gasteiger partial charge is 0.348 e. The SMILES string of the molecule is CC1CCC(NC(=O)c2cn(CCN)cn2)C(C)C1. The Labute approximate surface area is 114 Å². The molecule has 0 radical (unpaired) electrons. The maximum Gasteiger partial charge on any atom is 0.271 e. The summed E-state index contributed by atoms with van der Waals surface area (Å²) < 4.78 is 1.85. The van der Waals surface area contributed by atoms with Gasteiger partial charge in [0, 0.05) is 25.3 Å². The molecule has 1 heterocycles. The van der Waals surface area contributed by atoms with Crippen molar-refractivity contribution in [2.75, 3.05) is 6.54 Å². The van der Waals surface area contributed by atoms with Crippen LogP contribution in [0.1, 0.15) is 43.6 Å². The van der Waals surface area contributed by atoms with E-state index in [0.29, 0.717) is 24.7 Å². The Morgan fingerprint density at radius 2 is 2.32 bits per heavy atom. The highest BCUT2D eigenvalue weighted by Gasteiger charge is 2.27. The van der Waals surface area contributed by atoms with E-state index >= 15 is 0 Å². The number of nitrogens with zero attached hydrogens (tertiary/aromatic N) is 2. The van der Waals surface area contributed by atoms with Gasteiger partial charge in [-0.05, 0) is 31.1 Å². The van der Waals surface area contributed by atoms with Crippen LogP contribution in [0.5, 0.6) is 0 Å². The van der Waals surface area contributed by atoms with Gasteiger partial charge in [0.1, 0.15) is 5.69 Å². The molecule has 3 unspecified atom stereocenters. The van der Waals surface area contributed by atoms with Crippen LogP contribution in [0.4, 0.5) is 0 Å². The molecule has 3 atom stereocenters. The Morgan fingerprint density at radius 3 is 3.00 bits per heavy atom. The van der Waals surface area contributed by atoms with E-state index in [1.54, 1.807) is 12.5 Å². The summed E-state index contributed by atoms with van der Waals surface area (Å²) in [6, 6.07) is 0.281. The lowest BCUT2D eigenvalue weighted by molar-refractivity contribution is 0.0895. The van der Waals surface area contributed by atoms with Crippen molar-refractivity contribution in [3.63, 3.8) is 0 Å². The smallest absolute Gasteiger partial charge is 0.271 e. The molecular weight excluding hydrogens is 240 g/mol. The molecule has 1 aromatic rings. The van der Waals surface area contributed by atoms with Crippen molar-refractivity contribution < 1.29 is 4.79 Å². The molecule has 106 valence electrons. The first kappa shape index (κ1) is 14.1. The molecule has 0 saturated heterocycles. The monoisotopic (exact) mass is 264 g/mol. The van der Waals surface area contributed by atoms with Crippen LogP contribution in [0.25, 0.3) is 0 Å². The quantitative estimate of drug-likeness (QED) is 0.863. The number of carbonyl (C=O) groups excluding carboxylic acids is 1. The second kappa shape index (κ2) is 6.19. The van der Waals surface area contributed by atoms with Gasteiger partial charge in [-0.1, -0.05) is 13.8 Å². The average molecular weight is 264 g/mol. The fourth-order valence-electron chi connectivity index (χ4n) is 2.87. The highest BCUT2D eigenvalue weighted by Crippen LogP contribution is 2.28. The van der Waals surface area contributed by atoms with Crippen LogP contribution in [-0.4, -0.2) is 28.0 Å². The molecule has 1 fully saturated rings. The molecule has 3 N–H and O–H groups in total. The minimum Gasteiger partial charge on any atom is -0.348 e. The number of nitrogens with one attached hydrogen (secondary N) is 1. The molecule has 2 rings (SSSR count). The first-order valence-corrected chi connectivity index (χ1v) is 7.13. The summed E-state index contributed by atoms with van der Waals surface area (Å²) in [7, 11) is 0. The first-order valence-electron chi connectivity index (χ1n) is 7.13. The van der Waals surface area contributed by atoms with Crippen molar-refractivity contribution in [1.82, 2.24) is 14.9 Å². The third-order valence-corrected chi connectivity index (χ3v) is 4.00. The predicted molar refractivity (Wildman–Crippen MR) is 74.7 cm³/mol. The van der Waals surface area contributed by atoms with E-state index in [1.165, 1.54) is 12.8 Å². The van der Waals surface area contributed by atoms with Crippen molar-refractivity contribution in [2.24, 2.45) is 17.6 Å². The van der Waals surface area contributed by atoms with Crippen molar-refractivity contribution >= 4 is 5.91 Å². The van der Waals surface area contributed by atoms with Crippen LogP contribution in [-0.2, 0) is 6.54 Å². The Kier molecular flexibility index (Phi) is 4.58. The highest BCUT2D eigenvalue weighted by molar-refractivity contribution is 5.92. The summed E-state index contributed by atoms with van der Waals surface area (Å²) in [5.41, 5.74) is 5.96. The third kappa shape index (κ3) is 3.56. The van der Waals surface area contributed by atoms with Crippen molar-refractivity contribution in [2.45, 2.75) is 45.7 Å². The number of hydrogen-bond donors (Lipinski definition) is 2. The van der Waals surface area contributed by atoms with Gasteiger partial charge in [-0.15, -0.1) is 0 Å². The van der Waals surface area contributed by atoms with Crippen LogP contribution < -0.4 is 11.1 Å². The molecular formula is C14H24N4O. The topological polar surface area (TPSA) is 72.9 Å². The number of nitrogens with two attached hydrogens (primary N) is 1. The van der Waals surface area contributed by atoms with Crippen LogP contribution in [0.15, 0.2) is 12.5 Å². The normalized spacial score (nSPS) is 27.2. The third-order valence-electron chi connectivity index (χ3n) is 4.00. The Morgan fingerprint density at radius 1 is 1.53 bits per heavy atom. The zero-order valence-electron chi connectivity index (χ0n) is 11.8. The molecule has 0 spiro atoms. The van der Waals surface area contributed by atoms with Crippen molar-refractivity contribution in [3.05, 3.63) is 18.2 Å². The summed E-state index contributed by atoms with van der Waals surface area (Å²) >= 11 is 0. The van der Waals surface area contributed by atoms with Gasteiger partial charge < -0.3 is 15.6 Å². The predicted octanol–water partition coefficient (Wildman–Crippen LogP) is 1.40. The number of rotatable bonds is 4. The van der Waals surface area contributed by atoms with Crippen LogP contribution in [0.2, 0.25) is 0 Å². The molecule has 0 aromatic carbocycles. The average Bonchev–Trinajstić information content (AvgIpc) is 2.82. The van der Waals surface area contributed by atoms with Gasteiger partial charge in [0.05, 0.1) is 6.33 Å². The molecule has 1 aliphatic carbocycles. The number of hydrogen-bond acceptors (Lipinski definition) is 3. The fourth-order valence-corrected chi connectivity index (χ4v) is 2.87. The van der Waals surface area contributed by atoms with E-state index in [9.17, 15) is 4.79 Å². The molecule has 1 aliphatic rings. The van der Waals surface area contributed by atoms with E-state index < -0.39 is 0 Å². The van der Waals surface area contributed by atoms with Gasteiger partial charge in [0.2, 0.25) is 0 Å². The van der Waals surface area contributed by atoms with Crippen LogP contribution >= 0.6 is 0 Å². The van der Waals surface area contributed by atoms with Crippen molar-refractivity contribution in [3.8, 4) is 0 Å². The van der Waals surface area contributed by atoms with E-state index in [1.807, 2.05) is 4.57 Å². The highest BCUT2D eigenvalue weighted by atomic mass is 16.2. The Hall–Kier alpha value is -1.36. The second-order valence-corrected chi connectivity index (χ2v) is 5.76. The van der Waals surface area contributed by atoms with E-state index in [4.69, 9.17) is 5.73 Å². The summed E-state index contributed by atoms with van der Waals surface area (Å²) in [4.78, 5) is 16.3. The number of aromatic nitrogens is 2. The lowest BCUT2D eigenvalue weighted by Gasteiger charge is -2.32. The van der Waals surface area contributed by atoms with E-state index in [-0.39, 0.29) is 11.9 Å². The van der Waals surface area contributed by atoms with E-state index in [0.717, 1.165) is 12.3 Å². The molecule has 1 amide bonds. The Bertz CT molecular complexity index is 429. The summed E-state index contributed by atoms with van der Waals surface area (Å²) in [5, 5.41) is 3.11. The lowest BCUT2D eigenvalue weighted by Crippen LogP contribution is -2.42. The fraction of sp³-hybridized carbons (Fsp3) is 0.714. The molecule has 1 aromatic heterocycles. The molecule has 1 saturated carbocycles. The molecule has 0 bridgehead atoms. The maximum atomic E-state index is 12.1. The van der Waals surface area contributed by atoms with Crippen LogP contribution in [0.3, 0.4) is 0 Å². The Balaban J connectivity index is 1.92. The van der Waals surface area contributed by atoms with Gasteiger partial charge >= 0.3 is 0 Å². The molecule has 5 nitrogen and oxygen atoms in total. The standard InChI is InChI=1S/C14H24N4O/c1-10-3-4-12(11(2)7-10)17-14(19)13-8-18(6-5-15)9-16-13/h8-12H,3-7,15H2,1-2H3,(H,17,19). The summed E-state index contributed by atoms with van der Waals surface area (Å²) in [6.07, 6.45) is 6.87. The van der Waals surface area contributed by atoms with Crippen LogP contribution in [0, 0.1) is 11.8 Å². The molecule has 0 aliphatic heterocycles. The second-order valence-electron chi connectivity index (χ2n) is 5.76. The zero-order chi connectivity index (χ0) is 13.8. The minimum atomic E-state index is -0.0674. The molecule has 19 heavy (non-hydrogen) atoms. The number of imidazole rings is 1. The number of amides is 1. The first-order chi connectivity index (χ1) is 9.10. The molecule has 5 heteroatoms. The van der Waals surface area contributed by atoms with Gasteiger partial charge in [0.15, 0.2) is 0 Å². The maximum absolute atomic E-state index is 12.1. The minimum absolute atomic E-state index is 0.0674. The lowest BCUT2D eigenvalue weighted by atomic mass is 9.80. The van der Waals surface area contributed by atoms with Crippen molar-refractivity contribution in [1.29, 1.82) is 0 Å². The zero-order valence-corrected chi connectivity index (χ0v) is 11.8. The van der Waals surface area contributed by atoms with Gasteiger partial charge in [-0.25, -0.2) is 4.98 Å². The summed E-state index contributed by atoms with van der Waals surface area (Å²) in [6.45, 7) is 5.74. The van der Waals surface area contributed by atoms with E-state index in [2.05, 4.69) is 24.1 Å². The van der Waals surface area contributed by atoms with Gasteiger partial charge in [-0.2, -0.15) is 0 Å².